The van der Waals surface area contributed by atoms with Crippen LogP contribution in [0.2, 0.25) is 0 Å². The Hall–Kier alpha value is -1.36. The van der Waals surface area contributed by atoms with Crippen molar-refractivity contribution in [2.75, 3.05) is 6.54 Å². The number of aliphatic carboxylic acids is 1. The van der Waals surface area contributed by atoms with E-state index in [1.54, 1.807) is 6.92 Å². The fourth-order valence-corrected chi connectivity index (χ4v) is 2.16. The second-order valence-electron chi connectivity index (χ2n) is 4.97. The largest absolute Gasteiger partial charge is 0.480 e. The molecule has 0 bridgehead atoms. The Morgan fingerprint density at radius 3 is 2.58 bits per heavy atom. The molecule has 5 heteroatoms. The number of nitrogens with one attached hydrogen (secondary N) is 1. The Morgan fingerprint density at radius 2 is 2.11 bits per heavy atom. The van der Waals surface area contributed by atoms with Crippen LogP contribution in [-0.2, 0) is 24.2 Å². The van der Waals surface area contributed by atoms with Gasteiger partial charge in [0.05, 0.1) is 5.69 Å². The Labute approximate surface area is 115 Å². The van der Waals surface area contributed by atoms with Crippen molar-refractivity contribution in [3.8, 4) is 0 Å². The van der Waals surface area contributed by atoms with Gasteiger partial charge in [0.2, 0.25) is 0 Å². The highest BCUT2D eigenvalue weighted by molar-refractivity contribution is 5.78. The van der Waals surface area contributed by atoms with Crippen molar-refractivity contribution >= 4 is 5.97 Å². The standard InChI is InChI=1S/C14H25N3O2/c1-5-11-10-12(6-2)17(16-11)9-8-14(4,13(18)19)15-7-3/h10,15H,5-9H2,1-4H3,(H,18,19). The van der Waals surface area contributed by atoms with Gasteiger partial charge in [-0.1, -0.05) is 20.8 Å². The molecule has 19 heavy (non-hydrogen) atoms. The Bertz CT molecular complexity index is 428. The van der Waals surface area contributed by atoms with E-state index in [-0.39, 0.29) is 0 Å². The van der Waals surface area contributed by atoms with Crippen LogP contribution in [0.25, 0.3) is 0 Å². The molecule has 0 aromatic carbocycles. The van der Waals surface area contributed by atoms with Gasteiger partial charge < -0.3 is 10.4 Å². The number of aryl methyl sites for hydroxylation is 3. The smallest absolute Gasteiger partial charge is 0.323 e. The zero-order chi connectivity index (χ0) is 14.5. The van der Waals surface area contributed by atoms with Crippen molar-refractivity contribution in [3.05, 3.63) is 17.5 Å². The second-order valence-corrected chi connectivity index (χ2v) is 4.97. The monoisotopic (exact) mass is 267 g/mol. The first kappa shape index (κ1) is 15.7. The van der Waals surface area contributed by atoms with Crippen LogP contribution < -0.4 is 5.32 Å². The molecular weight excluding hydrogens is 242 g/mol. The van der Waals surface area contributed by atoms with Crippen molar-refractivity contribution in [2.45, 2.75) is 59.0 Å². The summed E-state index contributed by atoms with van der Waals surface area (Å²) in [5, 5.41) is 16.9. The molecule has 5 nitrogen and oxygen atoms in total. The number of rotatable bonds is 8. The normalized spacial score (nSPS) is 14.3. The molecule has 1 aromatic rings. The van der Waals surface area contributed by atoms with Crippen molar-refractivity contribution in [3.63, 3.8) is 0 Å². The molecule has 0 saturated heterocycles. The number of aromatic nitrogens is 2. The number of likely N-dealkylation sites (N-methyl/N-ethyl adjacent to an activating group) is 1. The van der Waals surface area contributed by atoms with Crippen LogP contribution in [0.4, 0.5) is 0 Å². The quantitative estimate of drug-likeness (QED) is 0.754. The maximum absolute atomic E-state index is 11.4. The van der Waals surface area contributed by atoms with E-state index >= 15 is 0 Å². The molecule has 108 valence electrons. The lowest BCUT2D eigenvalue weighted by Gasteiger charge is -2.25. The highest BCUT2D eigenvalue weighted by Gasteiger charge is 2.31. The number of carbonyl (C=O) groups is 1. The SMILES string of the molecule is CCNC(C)(CCn1nc(CC)cc1CC)C(=O)O. The number of hydrogen-bond acceptors (Lipinski definition) is 3. The topological polar surface area (TPSA) is 67.2 Å². The van der Waals surface area contributed by atoms with Crippen LogP contribution in [0.1, 0.15) is 45.5 Å². The van der Waals surface area contributed by atoms with Crippen molar-refractivity contribution in [1.82, 2.24) is 15.1 Å². The third kappa shape index (κ3) is 3.80. The summed E-state index contributed by atoms with van der Waals surface area (Å²) >= 11 is 0. The van der Waals surface area contributed by atoms with Crippen LogP contribution in [-0.4, -0.2) is 32.9 Å². The molecular formula is C14H25N3O2. The second kappa shape index (κ2) is 6.70. The van der Waals surface area contributed by atoms with E-state index in [2.05, 4.69) is 30.3 Å². The molecule has 1 atom stereocenters. The predicted octanol–water partition coefficient (Wildman–Crippen LogP) is 1.85. The van der Waals surface area contributed by atoms with Gasteiger partial charge in [-0.05, 0) is 38.8 Å². The van der Waals surface area contributed by atoms with Gasteiger partial charge in [0, 0.05) is 12.2 Å². The average Bonchev–Trinajstić information content (AvgIpc) is 2.79. The molecule has 0 saturated carbocycles. The Balaban J connectivity index is 2.79. The Kier molecular flexibility index (Phi) is 5.54. The number of carboxylic acid groups (broad SMARTS) is 1. The first-order chi connectivity index (χ1) is 8.96. The average molecular weight is 267 g/mol. The molecule has 0 aliphatic heterocycles. The maximum Gasteiger partial charge on any atom is 0.323 e. The van der Waals surface area contributed by atoms with Crippen LogP contribution in [0.3, 0.4) is 0 Å². The van der Waals surface area contributed by atoms with Crippen molar-refractivity contribution < 1.29 is 9.90 Å². The van der Waals surface area contributed by atoms with Gasteiger partial charge in [-0.2, -0.15) is 5.10 Å². The summed E-state index contributed by atoms with van der Waals surface area (Å²) in [5.74, 6) is -0.810. The third-order valence-corrected chi connectivity index (χ3v) is 3.50. The summed E-state index contributed by atoms with van der Waals surface area (Å²) in [7, 11) is 0. The summed E-state index contributed by atoms with van der Waals surface area (Å²) in [6.45, 7) is 9.08. The van der Waals surface area contributed by atoms with Crippen LogP contribution >= 0.6 is 0 Å². The lowest BCUT2D eigenvalue weighted by Crippen LogP contribution is -2.50. The Morgan fingerprint density at radius 1 is 1.42 bits per heavy atom. The van der Waals surface area contributed by atoms with E-state index in [0.717, 1.165) is 18.5 Å². The van der Waals surface area contributed by atoms with E-state index in [4.69, 9.17) is 0 Å². The van der Waals surface area contributed by atoms with Crippen LogP contribution in [0.5, 0.6) is 0 Å². The van der Waals surface area contributed by atoms with Gasteiger partial charge >= 0.3 is 5.97 Å². The molecule has 0 radical (unpaired) electrons. The van der Waals surface area contributed by atoms with Gasteiger partial charge in [0.1, 0.15) is 5.54 Å². The summed E-state index contributed by atoms with van der Waals surface area (Å²) in [6, 6.07) is 2.10. The maximum atomic E-state index is 11.4. The minimum atomic E-state index is -0.891. The van der Waals surface area contributed by atoms with Gasteiger partial charge in [-0.25, -0.2) is 0 Å². The molecule has 0 aliphatic carbocycles. The van der Waals surface area contributed by atoms with E-state index in [1.807, 2.05) is 11.6 Å². The molecule has 1 unspecified atom stereocenters. The fourth-order valence-electron chi connectivity index (χ4n) is 2.16. The number of hydrogen-bond donors (Lipinski definition) is 2. The summed E-state index contributed by atoms with van der Waals surface area (Å²) in [6.07, 6.45) is 2.34. The molecule has 1 aromatic heterocycles. The minimum absolute atomic E-state index is 0.522. The van der Waals surface area contributed by atoms with Gasteiger partial charge in [-0.15, -0.1) is 0 Å². The fraction of sp³-hybridized carbons (Fsp3) is 0.714. The first-order valence-electron chi connectivity index (χ1n) is 7.00. The zero-order valence-corrected chi connectivity index (χ0v) is 12.4. The van der Waals surface area contributed by atoms with Crippen LogP contribution in [0, 0.1) is 0 Å². The van der Waals surface area contributed by atoms with E-state index in [1.165, 1.54) is 5.69 Å². The van der Waals surface area contributed by atoms with E-state index < -0.39 is 11.5 Å². The number of carboxylic acids is 1. The van der Waals surface area contributed by atoms with Crippen LogP contribution in [0.15, 0.2) is 6.07 Å². The molecule has 1 rings (SSSR count). The summed E-state index contributed by atoms with van der Waals surface area (Å²) in [4.78, 5) is 11.4. The first-order valence-corrected chi connectivity index (χ1v) is 7.00. The predicted molar refractivity (Wildman–Crippen MR) is 75.3 cm³/mol. The lowest BCUT2D eigenvalue weighted by molar-refractivity contribution is -0.144. The van der Waals surface area contributed by atoms with Gasteiger partial charge in [-0.3, -0.25) is 9.48 Å². The molecule has 0 aliphatic rings. The highest BCUT2D eigenvalue weighted by Crippen LogP contribution is 2.14. The highest BCUT2D eigenvalue weighted by atomic mass is 16.4. The van der Waals surface area contributed by atoms with E-state index in [0.29, 0.717) is 19.5 Å². The van der Waals surface area contributed by atoms with Gasteiger partial charge in [0.15, 0.2) is 0 Å². The number of nitrogens with zero attached hydrogens (tertiary/aromatic N) is 2. The van der Waals surface area contributed by atoms with E-state index in [9.17, 15) is 9.90 Å². The molecule has 0 spiro atoms. The molecule has 1 heterocycles. The molecule has 0 amide bonds. The zero-order valence-electron chi connectivity index (χ0n) is 12.4. The van der Waals surface area contributed by atoms with Crippen molar-refractivity contribution in [2.24, 2.45) is 0 Å². The van der Waals surface area contributed by atoms with Gasteiger partial charge in [0.25, 0.3) is 0 Å². The summed E-state index contributed by atoms with van der Waals surface area (Å²) < 4.78 is 1.94. The lowest BCUT2D eigenvalue weighted by atomic mass is 9.98. The minimum Gasteiger partial charge on any atom is -0.480 e. The third-order valence-electron chi connectivity index (χ3n) is 3.50. The van der Waals surface area contributed by atoms with Crippen molar-refractivity contribution in [1.29, 1.82) is 0 Å². The summed E-state index contributed by atoms with van der Waals surface area (Å²) in [5.41, 5.74) is 1.34. The molecule has 0 fully saturated rings. The molecule has 2 N–H and O–H groups in total.